The van der Waals surface area contributed by atoms with Gasteiger partial charge in [0.05, 0.1) is 24.8 Å². The third-order valence-electron chi connectivity index (χ3n) is 2.88. The molecular formula is C15H23NO3. The van der Waals surface area contributed by atoms with Gasteiger partial charge in [0, 0.05) is 0 Å². The van der Waals surface area contributed by atoms with E-state index in [0.717, 1.165) is 5.56 Å². The molecule has 0 saturated carbocycles. The first-order chi connectivity index (χ1) is 8.93. The van der Waals surface area contributed by atoms with E-state index in [1.807, 2.05) is 45.9 Å². The highest BCUT2D eigenvalue weighted by Gasteiger charge is 2.15. The Bertz CT molecular complexity index is 429. The SMILES string of the molecule is CCOc1cc(C)ccc1NC(=O)CC(O)C(C)C. The molecular weight excluding hydrogens is 242 g/mol. The molecule has 1 rings (SSSR count). The van der Waals surface area contributed by atoms with E-state index < -0.39 is 6.10 Å². The topological polar surface area (TPSA) is 58.6 Å². The van der Waals surface area contributed by atoms with Crippen molar-refractivity contribution in [3.8, 4) is 5.75 Å². The molecule has 1 atom stereocenters. The summed E-state index contributed by atoms with van der Waals surface area (Å²) >= 11 is 0. The summed E-state index contributed by atoms with van der Waals surface area (Å²) < 4.78 is 5.49. The maximum atomic E-state index is 11.8. The van der Waals surface area contributed by atoms with Gasteiger partial charge >= 0.3 is 0 Å². The molecule has 1 aromatic rings. The quantitative estimate of drug-likeness (QED) is 0.831. The summed E-state index contributed by atoms with van der Waals surface area (Å²) in [4.78, 5) is 11.8. The minimum absolute atomic E-state index is 0.0649. The number of hydrogen-bond acceptors (Lipinski definition) is 3. The van der Waals surface area contributed by atoms with Crippen molar-refractivity contribution in [3.05, 3.63) is 23.8 Å². The molecule has 0 fully saturated rings. The molecule has 0 spiro atoms. The molecule has 0 bridgehead atoms. The molecule has 0 aliphatic carbocycles. The number of carbonyl (C=O) groups excluding carboxylic acids is 1. The Hall–Kier alpha value is -1.55. The highest BCUT2D eigenvalue weighted by Crippen LogP contribution is 2.26. The third-order valence-corrected chi connectivity index (χ3v) is 2.88. The molecule has 4 heteroatoms. The third kappa shape index (κ3) is 4.91. The van der Waals surface area contributed by atoms with Gasteiger partial charge in [0.15, 0.2) is 0 Å². The van der Waals surface area contributed by atoms with E-state index in [4.69, 9.17) is 4.74 Å². The van der Waals surface area contributed by atoms with Gasteiger partial charge in [-0.15, -0.1) is 0 Å². The first-order valence-electron chi connectivity index (χ1n) is 6.65. The van der Waals surface area contributed by atoms with E-state index in [0.29, 0.717) is 18.0 Å². The highest BCUT2D eigenvalue weighted by atomic mass is 16.5. The van der Waals surface area contributed by atoms with Crippen LogP contribution in [0.1, 0.15) is 32.8 Å². The number of hydrogen-bond donors (Lipinski definition) is 2. The molecule has 106 valence electrons. The van der Waals surface area contributed by atoms with Gasteiger partial charge in [-0.1, -0.05) is 19.9 Å². The van der Waals surface area contributed by atoms with Crippen LogP contribution in [0.4, 0.5) is 5.69 Å². The molecule has 0 saturated heterocycles. The van der Waals surface area contributed by atoms with Crippen LogP contribution < -0.4 is 10.1 Å². The molecule has 0 aliphatic rings. The minimum Gasteiger partial charge on any atom is -0.492 e. The molecule has 2 N–H and O–H groups in total. The first-order valence-corrected chi connectivity index (χ1v) is 6.65. The Morgan fingerprint density at radius 3 is 2.68 bits per heavy atom. The number of carbonyl (C=O) groups is 1. The van der Waals surface area contributed by atoms with Crippen LogP contribution in [0.5, 0.6) is 5.75 Å². The van der Waals surface area contributed by atoms with Crippen LogP contribution in [0.3, 0.4) is 0 Å². The normalized spacial score (nSPS) is 12.3. The van der Waals surface area contributed by atoms with Crippen molar-refractivity contribution < 1.29 is 14.6 Å². The van der Waals surface area contributed by atoms with Crippen LogP contribution in [0, 0.1) is 12.8 Å². The number of anilines is 1. The summed E-state index contributed by atoms with van der Waals surface area (Å²) in [6.45, 7) is 8.18. The van der Waals surface area contributed by atoms with Crippen LogP contribution in [-0.2, 0) is 4.79 Å². The summed E-state index contributed by atoms with van der Waals surface area (Å²) in [6, 6.07) is 5.62. The lowest BCUT2D eigenvalue weighted by molar-refractivity contribution is -0.118. The summed E-state index contributed by atoms with van der Waals surface area (Å²) in [5.74, 6) is 0.524. The number of amides is 1. The molecule has 0 heterocycles. The summed E-state index contributed by atoms with van der Waals surface area (Å²) in [5.41, 5.74) is 1.72. The fourth-order valence-electron chi connectivity index (χ4n) is 1.63. The van der Waals surface area contributed by atoms with Crippen molar-refractivity contribution in [2.75, 3.05) is 11.9 Å². The fraction of sp³-hybridized carbons (Fsp3) is 0.533. The average molecular weight is 265 g/mol. The van der Waals surface area contributed by atoms with E-state index >= 15 is 0 Å². The molecule has 0 aromatic heterocycles. The zero-order valence-corrected chi connectivity index (χ0v) is 12.1. The van der Waals surface area contributed by atoms with Gasteiger partial charge in [0.1, 0.15) is 5.75 Å². The van der Waals surface area contributed by atoms with Crippen LogP contribution in [0.25, 0.3) is 0 Å². The van der Waals surface area contributed by atoms with Gasteiger partial charge in [-0.3, -0.25) is 4.79 Å². The van der Waals surface area contributed by atoms with Crippen molar-refractivity contribution in [2.45, 2.75) is 40.2 Å². The Labute approximate surface area is 114 Å². The van der Waals surface area contributed by atoms with E-state index in [1.165, 1.54) is 0 Å². The van der Waals surface area contributed by atoms with Crippen LogP contribution >= 0.6 is 0 Å². The fourth-order valence-corrected chi connectivity index (χ4v) is 1.63. The second-order valence-corrected chi connectivity index (χ2v) is 5.00. The Morgan fingerprint density at radius 1 is 1.42 bits per heavy atom. The standard InChI is InChI=1S/C15H23NO3/c1-5-19-14-8-11(4)6-7-12(14)16-15(18)9-13(17)10(2)3/h6-8,10,13,17H,5,9H2,1-4H3,(H,16,18). The maximum absolute atomic E-state index is 11.8. The number of rotatable bonds is 6. The zero-order chi connectivity index (χ0) is 14.4. The summed E-state index contributed by atoms with van der Waals surface area (Å²) in [5, 5.41) is 12.5. The predicted octanol–water partition coefficient (Wildman–Crippen LogP) is 2.74. The Balaban J connectivity index is 2.73. The predicted molar refractivity (Wildman–Crippen MR) is 76.4 cm³/mol. The lowest BCUT2D eigenvalue weighted by Crippen LogP contribution is -2.23. The highest BCUT2D eigenvalue weighted by molar-refractivity contribution is 5.92. The number of aliphatic hydroxyl groups excluding tert-OH is 1. The van der Waals surface area contributed by atoms with E-state index in [9.17, 15) is 9.90 Å². The van der Waals surface area contributed by atoms with Gasteiger partial charge in [-0.05, 0) is 37.5 Å². The van der Waals surface area contributed by atoms with Crippen LogP contribution in [0.15, 0.2) is 18.2 Å². The largest absolute Gasteiger partial charge is 0.492 e. The van der Waals surface area contributed by atoms with E-state index in [-0.39, 0.29) is 18.2 Å². The summed E-state index contributed by atoms with van der Waals surface area (Å²) in [6.07, 6.45) is -0.530. The zero-order valence-electron chi connectivity index (χ0n) is 12.1. The van der Waals surface area contributed by atoms with E-state index in [2.05, 4.69) is 5.32 Å². The van der Waals surface area contributed by atoms with Gasteiger partial charge in [0.2, 0.25) is 5.91 Å². The van der Waals surface area contributed by atoms with Gasteiger partial charge < -0.3 is 15.2 Å². The second-order valence-electron chi connectivity index (χ2n) is 5.00. The van der Waals surface area contributed by atoms with Crippen molar-refractivity contribution in [2.24, 2.45) is 5.92 Å². The lowest BCUT2D eigenvalue weighted by atomic mass is 10.0. The van der Waals surface area contributed by atoms with Crippen molar-refractivity contribution in [1.82, 2.24) is 0 Å². The van der Waals surface area contributed by atoms with Crippen molar-refractivity contribution >= 4 is 11.6 Å². The maximum Gasteiger partial charge on any atom is 0.227 e. The van der Waals surface area contributed by atoms with Gasteiger partial charge in [-0.25, -0.2) is 0 Å². The van der Waals surface area contributed by atoms with Crippen LogP contribution in [0.2, 0.25) is 0 Å². The molecule has 1 aromatic carbocycles. The van der Waals surface area contributed by atoms with Crippen LogP contribution in [-0.4, -0.2) is 23.7 Å². The number of ether oxygens (including phenoxy) is 1. The van der Waals surface area contributed by atoms with Gasteiger partial charge in [-0.2, -0.15) is 0 Å². The summed E-state index contributed by atoms with van der Waals surface area (Å²) in [7, 11) is 0. The smallest absolute Gasteiger partial charge is 0.227 e. The average Bonchev–Trinajstić information content (AvgIpc) is 2.32. The molecule has 1 unspecified atom stereocenters. The number of aryl methyl sites for hydroxylation is 1. The number of benzene rings is 1. The second kappa shape index (κ2) is 7.14. The minimum atomic E-state index is -0.624. The lowest BCUT2D eigenvalue weighted by Gasteiger charge is -2.16. The molecule has 0 radical (unpaired) electrons. The molecule has 4 nitrogen and oxygen atoms in total. The van der Waals surface area contributed by atoms with E-state index in [1.54, 1.807) is 0 Å². The Kier molecular flexibility index (Phi) is 5.83. The monoisotopic (exact) mass is 265 g/mol. The van der Waals surface area contributed by atoms with Gasteiger partial charge in [0.25, 0.3) is 0 Å². The Morgan fingerprint density at radius 2 is 2.11 bits per heavy atom. The van der Waals surface area contributed by atoms with Crippen molar-refractivity contribution in [1.29, 1.82) is 0 Å². The van der Waals surface area contributed by atoms with Crippen molar-refractivity contribution in [3.63, 3.8) is 0 Å². The number of nitrogens with one attached hydrogen (secondary N) is 1. The molecule has 19 heavy (non-hydrogen) atoms. The molecule has 0 aliphatic heterocycles. The number of aliphatic hydroxyl groups is 1. The first kappa shape index (κ1) is 15.5. The molecule has 1 amide bonds.